The molecule has 0 aliphatic heterocycles. The molecule has 0 heterocycles. The molecule has 0 bridgehead atoms. The van der Waals surface area contributed by atoms with Crippen LogP contribution in [0.15, 0.2) is 18.2 Å². The average molecular weight is 235 g/mol. The molecule has 17 heavy (non-hydrogen) atoms. The Morgan fingerprint density at radius 2 is 2.18 bits per heavy atom. The monoisotopic (exact) mass is 235 g/mol. The number of halogens is 1. The lowest BCUT2D eigenvalue weighted by molar-refractivity contribution is -0.115. The summed E-state index contributed by atoms with van der Waals surface area (Å²) in [6.45, 7) is 0. The van der Waals surface area contributed by atoms with Gasteiger partial charge in [-0.15, -0.1) is 0 Å². The van der Waals surface area contributed by atoms with Crippen molar-refractivity contribution in [3.05, 3.63) is 29.6 Å². The van der Waals surface area contributed by atoms with E-state index >= 15 is 0 Å². The first kappa shape index (κ1) is 12.6. The summed E-state index contributed by atoms with van der Waals surface area (Å²) < 4.78 is 13.5. The van der Waals surface area contributed by atoms with Gasteiger partial charge in [-0.3, -0.25) is 9.59 Å². The van der Waals surface area contributed by atoms with Crippen LogP contribution in [0.1, 0.15) is 16.8 Å². The molecule has 2 N–H and O–H groups in total. The molecule has 0 aliphatic carbocycles. The van der Waals surface area contributed by atoms with Crippen LogP contribution in [0.2, 0.25) is 0 Å². The number of rotatable bonds is 3. The lowest BCUT2D eigenvalue weighted by Gasteiger charge is -2.06. The SMILES string of the molecule is CNC(=O)c1ccc(NC(=O)CC#N)c(F)c1. The summed E-state index contributed by atoms with van der Waals surface area (Å²) in [5.41, 5.74) is 0.0983. The highest BCUT2D eigenvalue weighted by atomic mass is 19.1. The molecule has 88 valence electrons. The van der Waals surface area contributed by atoms with E-state index in [0.717, 1.165) is 6.07 Å². The zero-order valence-corrected chi connectivity index (χ0v) is 9.08. The Hall–Kier alpha value is -2.42. The molecule has 0 saturated carbocycles. The Labute approximate surface area is 97.2 Å². The van der Waals surface area contributed by atoms with Crippen LogP contribution in [0.25, 0.3) is 0 Å². The summed E-state index contributed by atoms with van der Waals surface area (Å²) in [5, 5.41) is 12.9. The van der Waals surface area contributed by atoms with Crippen LogP contribution >= 0.6 is 0 Å². The van der Waals surface area contributed by atoms with Gasteiger partial charge in [0.2, 0.25) is 5.91 Å². The van der Waals surface area contributed by atoms with E-state index in [0.29, 0.717) is 0 Å². The van der Waals surface area contributed by atoms with Crippen molar-refractivity contribution in [2.24, 2.45) is 0 Å². The molecule has 1 aromatic carbocycles. The van der Waals surface area contributed by atoms with Gasteiger partial charge in [0.1, 0.15) is 12.2 Å². The summed E-state index contributed by atoms with van der Waals surface area (Å²) in [6, 6.07) is 5.31. The quantitative estimate of drug-likeness (QED) is 0.821. The van der Waals surface area contributed by atoms with Gasteiger partial charge in [-0.25, -0.2) is 4.39 Å². The van der Waals surface area contributed by atoms with E-state index in [1.165, 1.54) is 19.2 Å². The fraction of sp³-hybridized carbons (Fsp3) is 0.182. The lowest BCUT2D eigenvalue weighted by atomic mass is 10.2. The molecule has 0 spiro atoms. The maximum atomic E-state index is 13.5. The van der Waals surface area contributed by atoms with E-state index in [9.17, 15) is 14.0 Å². The Morgan fingerprint density at radius 3 is 2.71 bits per heavy atom. The van der Waals surface area contributed by atoms with Gasteiger partial charge in [-0.05, 0) is 18.2 Å². The van der Waals surface area contributed by atoms with Crippen molar-refractivity contribution < 1.29 is 14.0 Å². The van der Waals surface area contributed by atoms with Crippen LogP contribution < -0.4 is 10.6 Å². The van der Waals surface area contributed by atoms with Crippen LogP contribution in [0.5, 0.6) is 0 Å². The second-order valence-electron chi connectivity index (χ2n) is 3.16. The van der Waals surface area contributed by atoms with Crippen LogP contribution in [0.3, 0.4) is 0 Å². The molecule has 2 amide bonds. The van der Waals surface area contributed by atoms with Gasteiger partial charge >= 0.3 is 0 Å². The van der Waals surface area contributed by atoms with Crippen molar-refractivity contribution in [3.8, 4) is 6.07 Å². The summed E-state index contributed by atoms with van der Waals surface area (Å²) >= 11 is 0. The zero-order chi connectivity index (χ0) is 12.8. The number of anilines is 1. The summed E-state index contributed by atoms with van der Waals surface area (Å²) in [4.78, 5) is 22.3. The third-order valence-electron chi connectivity index (χ3n) is 1.97. The lowest BCUT2D eigenvalue weighted by Crippen LogP contribution is -2.18. The summed E-state index contributed by atoms with van der Waals surface area (Å²) in [6.07, 6.45) is -0.351. The van der Waals surface area contributed by atoms with Crippen molar-refractivity contribution >= 4 is 17.5 Å². The molecule has 1 aromatic rings. The van der Waals surface area contributed by atoms with Crippen molar-refractivity contribution in [1.82, 2.24) is 5.32 Å². The molecule has 0 radical (unpaired) electrons. The first-order chi connectivity index (χ1) is 8.08. The van der Waals surface area contributed by atoms with Gasteiger partial charge in [0.05, 0.1) is 11.8 Å². The van der Waals surface area contributed by atoms with Gasteiger partial charge in [0.15, 0.2) is 0 Å². The molecule has 0 aromatic heterocycles. The third kappa shape index (κ3) is 3.28. The minimum absolute atomic E-state index is 0.0575. The van der Waals surface area contributed by atoms with Gasteiger partial charge in [-0.1, -0.05) is 0 Å². The van der Waals surface area contributed by atoms with Crippen molar-refractivity contribution in [2.45, 2.75) is 6.42 Å². The molecule has 6 heteroatoms. The molecule has 0 unspecified atom stereocenters. The van der Waals surface area contributed by atoms with E-state index in [2.05, 4.69) is 10.6 Å². The van der Waals surface area contributed by atoms with Gasteiger partial charge in [0, 0.05) is 12.6 Å². The Morgan fingerprint density at radius 1 is 1.47 bits per heavy atom. The first-order valence-electron chi connectivity index (χ1n) is 4.77. The first-order valence-corrected chi connectivity index (χ1v) is 4.77. The zero-order valence-electron chi connectivity index (χ0n) is 9.08. The predicted octanol–water partition coefficient (Wildman–Crippen LogP) is 1.04. The number of nitrogens with zero attached hydrogens (tertiary/aromatic N) is 1. The number of hydrogen-bond acceptors (Lipinski definition) is 3. The predicted molar refractivity (Wildman–Crippen MR) is 58.6 cm³/mol. The number of hydrogen-bond donors (Lipinski definition) is 2. The number of benzene rings is 1. The minimum atomic E-state index is -0.725. The largest absolute Gasteiger partial charge is 0.355 e. The van der Waals surface area contributed by atoms with Gasteiger partial charge < -0.3 is 10.6 Å². The fourth-order valence-corrected chi connectivity index (χ4v) is 1.17. The van der Waals surface area contributed by atoms with Gasteiger partial charge in [-0.2, -0.15) is 5.26 Å². The second kappa shape index (κ2) is 5.61. The van der Waals surface area contributed by atoms with Crippen molar-refractivity contribution in [2.75, 3.05) is 12.4 Å². The van der Waals surface area contributed by atoms with E-state index in [4.69, 9.17) is 5.26 Å². The topological polar surface area (TPSA) is 82.0 Å². The Balaban J connectivity index is 2.87. The van der Waals surface area contributed by atoms with Crippen LogP contribution in [0, 0.1) is 17.1 Å². The van der Waals surface area contributed by atoms with Crippen LogP contribution in [-0.2, 0) is 4.79 Å². The normalized spacial score (nSPS) is 9.24. The highest BCUT2D eigenvalue weighted by Crippen LogP contribution is 2.15. The van der Waals surface area contributed by atoms with Crippen LogP contribution in [0.4, 0.5) is 10.1 Å². The van der Waals surface area contributed by atoms with E-state index < -0.39 is 17.6 Å². The number of carbonyl (C=O) groups is 2. The van der Waals surface area contributed by atoms with Crippen LogP contribution in [-0.4, -0.2) is 18.9 Å². The highest BCUT2D eigenvalue weighted by molar-refractivity contribution is 5.96. The van der Waals surface area contributed by atoms with Gasteiger partial charge in [0.25, 0.3) is 5.91 Å². The fourth-order valence-electron chi connectivity index (χ4n) is 1.17. The summed E-state index contributed by atoms with van der Waals surface area (Å²) in [7, 11) is 1.43. The molecule has 1 rings (SSSR count). The number of nitriles is 1. The second-order valence-corrected chi connectivity index (χ2v) is 3.16. The molecule has 0 saturated heterocycles. The number of carbonyl (C=O) groups excluding carboxylic acids is 2. The number of nitrogens with one attached hydrogen (secondary N) is 2. The molecule has 5 nitrogen and oxygen atoms in total. The molecule has 0 fully saturated rings. The third-order valence-corrected chi connectivity index (χ3v) is 1.97. The Kier molecular flexibility index (Phi) is 4.17. The number of amides is 2. The van der Waals surface area contributed by atoms with Crippen molar-refractivity contribution in [1.29, 1.82) is 5.26 Å². The molecular formula is C11H10FN3O2. The maximum absolute atomic E-state index is 13.5. The minimum Gasteiger partial charge on any atom is -0.355 e. The molecular weight excluding hydrogens is 225 g/mol. The van der Waals surface area contributed by atoms with E-state index in [1.54, 1.807) is 6.07 Å². The smallest absolute Gasteiger partial charge is 0.251 e. The van der Waals surface area contributed by atoms with E-state index in [-0.39, 0.29) is 17.7 Å². The molecule has 0 atom stereocenters. The van der Waals surface area contributed by atoms with E-state index in [1.807, 2.05) is 0 Å². The maximum Gasteiger partial charge on any atom is 0.251 e. The van der Waals surface area contributed by atoms with Crippen molar-refractivity contribution in [3.63, 3.8) is 0 Å². The Bertz CT molecular complexity index is 494. The average Bonchev–Trinajstić information content (AvgIpc) is 2.31. The highest BCUT2D eigenvalue weighted by Gasteiger charge is 2.10. The molecule has 0 aliphatic rings. The summed E-state index contributed by atoms with van der Waals surface area (Å²) in [5.74, 6) is -1.74. The standard InChI is InChI=1S/C11H10FN3O2/c1-14-11(17)7-2-3-9(8(12)6-7)15-10(16)4-5-13/h2-3,6H,4H2,1H3,(H,14,17)(H,15,16).